The normalized spacial score (nSPS) is 11.5. The highest BCUT2D eigenvalue weighted by Crippen LogP contribution is 2.29. The molecule has 106 valence electrons. The molecule has 1 aromatic rings. The first-order valence-electron chi connectivity index (χ1n) is 6.01. The number of likely N-dealkylation sites (N-methyl/N-ethyl adjacent to an activating group) is 1. The van der Waals surface area contributed by atoms with Gasteiger partial charge in [0.2, 0.25) is 0 Å². The van der Waals surface area contributed by atoms with Gasteiger partial charge in [0.25, 0.3) is 0 Å². The van der Waals surface area contributed by atoms with Crippen molar-refractivity contribution >= 4 is 11.4 Å². The lowest BCUT2D eigenvalue weighted by atomic mass is 10.0. The minimum atomic E-state index is -0.452. The van der Waals surface area contributed by atoms with E-state index >= 15 is 0 Å². The van der Waals surface area contributed by atoms with Gasteiger partial charge in [-0.2, -0.15) is 0 Å². The van der Waals surface area contributed by atoms with Gasteiger partial charge in [-0.15, -0.1) is 0 Å². The maximum absolute atomic E-state index is 10.8. The molecule has 0 aromatic heterocycles. The van der Waals surface area contributed by atoms with E-state index in [2.05, 4.69) is 24.1 Å². The standard InChI is InChI=1S/C13H21N3O3/c1-13(2,15(3)4)9-14-10-6-7-11(16(17)18)12(8-10)19-5/h6-8,14H,9H2,1-5H3. The number of nitrogens with one attached hydrogen (secondary N) is 1. The summed E-state index contributed by atoms with van der Waals surface area (Å²) in [4.78, 5) is 12.5. The van der Waals surface area contributed by atoms with E-state index in [0.717, 1.165) is 12.2 Å². The van der Waals surface area contributed by atoms with Gasteiger partial charge in [0, 0.05) is 29.9 Å². The lowest BCUT2D eigenvalue weighted by molar-refractivity contribution is -0.385. The monoisotopic (exact) mass is 267 g/mol. The number of rotatable bonds is 6. The van der Waals surface area contributed by atoms with Crippen molar-refractivity contribution < 1.29 is 9.66 Å². The molecule has 0 fully saturated rings. The zero-order valence-corrected chi connectivity index (χ0v) is 12.1. The van der Waals surface area contributed by atoms with Crippen LogP contribution < -0.4 is 10.1 Å². The molecule has 1 aromatic carbocycles. The molecule has 0 aliphatic carbocycles. The van der Waals surface area contributed by atoms with Gasteiger partial charge in [-0.25, -0.2) is 0 Å². The molecular formula is C13H21N3O3. The minimum absolute atomic E-state index is 0.0188. The van der Waals surface area contributed by atoms with E-state index < -0.39 is 4.92 Å². The zero-order valence-electron chi connectivity index (χ0n) is 12.1. The summed E-state index contributed by atoms with van der Waals surface area (Å²) >= 11 is 0. The summed E-state index contributed by atoms with van der Waals surface area (Å²) in [6.07, 6.45) is 0. The van der Waals surface area contributed by atoms with Crippen molar-refractivity contribution in [2.24, 2.45) is 0 Å². The SMILES string of the molecule is COc1cc(NCC(C)(C)N(C)C)ccc1[N+](=O)[O-]. The van der Waals surface area contributed by atoms with Crippen LogP contribution in [0.5, 0.6) is 5.75 Å². The second-order valence-corrected chi connectivity index (χ2v) is 5.20. The summed E-state index contributed by atoms with van der Waals surface area (Å²) in [5, 5.41) is 14.1. The predicted molar refractivity (Wildman–Crippen MR) is 75.9 cm³/mol. The molecule has 0 bridgehead atoms. The molecule has 0 atom stereocenters. The van der Waals surface area contributed by atoms with E-state index in [9.17, 15) is 10.1 Å². The van der Waals surface area contributed by atoms with Crippen LogP contribution in [0.4, 0.5) is 11.4 Å². The first kappa shape index (κ1) is 15.2. The fourth-order valence-electron chi connectivity index (χ4n) is 1.41. The predicted octanol–water partition coefficient (Wildman–Crippen LogP) is 2.36. The van der Waals surface area contributed by atoms with Crippen molar-refractivity contribution in [1.29, 1.82) is 0 Å². The van der Waals surface area contributed by atoms with E-state index in [1.54, 1.807) is 12.1 Å². The molecule has 0 heterocycles. The van der Waals surface area contributed by atoms with Gasteiger partial charge < -0.3 is 15.0 Å². The lowest BCUT2D eigenvalue weighted by Crippen LogP contribution is -2.44. The van der Waals surface area contributed by atoms with Crippen molar-refractivity contribution in [3.05, 3.63) is 28.3 Å². The number of hydrogen-bond donors (Lipinski definition) is 1. The fraction of sp³-hybridized carbons (Fsp3) is 0.538. The van der Waals surface area contributed by atoms with Crippen LogP contribution >= 0.6 is 0 Å². The van der Waals surface area contributed by atoms with Crippen molar-refractivity contribution in [2.45, 2.75) is 19.4 Å². The van der Waals surface area contributed by atoms with Crippen molar-refractivity contribution in [2.75, 3.05) is 33.1 Å². The van der Waals surface area contributed by atoms with E-state index in [0.29, 0.717) is 0 Å². The molecule has 1 rings (SSSR count). The average Bonchev–Trinajstić information content (AvgIpc) is 2.35. The van der Waals surface area contributed by atoms with Gasteiger partial charge in [0.15, 0.2) is 5.75 Å². The lowest BCUT2D eigenvalue weighted by Gasteiger charge is -2.33. The highest BCUT2D eigenvalue weighted by Gasteiger charge is 2.20. The van der Waals surface area contributed by atoms with Crippen LogP contribution in [-0.4, -0.2) is 43.1 Å². The van der Waals surface area contributed by atoms with Crippen molar-refractivity contribution in [3.8, 4) is 5.75 Å². The van der Waals surface area contributed by atoms with Crippen LogP contribution in [0.1, 0.15) is 13.8 Å². The second-order valence-electron chi connectivity index (χ2n) is 5.20. The number of methoxy groups -OCH3 is 1. The number of nitrogens with zero attached hydrogens (tertiary/aromatic N) is 2. The molecule has 0 aliphatic heterocycles. The Balaban J connectivity index is 2.84. The Hall–Kier alpha value is -1.82. The fourth-order valence-corrected chi connectivity index (χ4v) is 1.41. The summed E-state index contributed by atoms with van der Waals surface area (Å²) < 4.78 is 5.03. The molecule has 0 saturated carbocycles. The van der Waals surface area contributed by atoms with Crippen molar-refractivity contribution in [3.63, 3.8) is 0 Å². The van der Waals surface area contributed by atoms with Gasteiger partial charge >= 0.3 is 5.69 Å². The molecule has 0 aliphatic rings. The number of benzene rings is 1. The van der Waals surface area contributed by atoms with E-state index in [1.807, 2.05) is 14.1 Å². The third-order valence-electron chi connectivity index (χ3n) is 3.31. The zero-order chi connectivity index (χ0) is 14.6. The number of anilines is 1. The first-order chi connectivity index (χ1) is 8.77. The van der Waals surface area contributed by atoms with Crippen LogP contribution in [0.15, 0.2) is 18.2 Å². The van der Waals surface area contributed by atoms with Gasteiger partial charge in [-0.3, -0.25) is 10.1 Å². The summed E-state index contributed by atoms with van der Waals surface area (Å²) in [7, 11) is 5.45. The molecule has 0 spiro atoms. The molecule has 0 saturated heterocycles. The van der Waals surface area contributed by atoms with E-state index in [-0.39, 0.29) is 17.0 Å². The van der Waals surface area contributed by atoms with Crippen LogP contribution in [0, 0.1) is 10.1 Å². The third-order valence-corrected chi connectivity index (χ3v) is 3.31. The summed E-state index contributed by atoms with van der Waals surface area (Å²) in [6, 6.07) is 4.78. The Kier molecular flexibility index (Phi) is 4.72. The number of ether oxygens (including phenoxy) is 1. The van der Waals surface area contributed by atoms with Crippen LogP contribution in [0.2, 0.25) is 0 Å². The van der Waals surface area contributed by atoms with Crippen LogP contribution in [0.3, 0.4) is 0 Å². The topological polar surface area (TPSA) is 67.6 Å². The van der Waals surface area contributed by atoms with Gasteiger partial charge in [0.05, 0.1) is 12.0 Å². The van der Waals surface area contributed by atoms with Crippen LogP contribution in [0.25, 0.3) is 0 Å². The molecule has 6 nitrogen and oxygen atoms in total. The van der Waals surface area contributed by atoms with Crippen LogP contribution in [-0.2, 0) is 0 Å². The Labute approximate surface area is 113 Å². The van der Waals surface area contributed by atoms with E-state index in [1.165, 1.54) is 13.2 Å². The molecule has 0 radical (unpaired) electrons. The summed E-state index contributed by atoms with van der Waals surface area (Å²) in [5.41, 5.74) is 0.756. The first-order valence-corrected chi connectivity index (χ1v) is 6.01. The molecule has 0 unspecified atom stereocenters. The highest BCUT2D eigenvalue weighted by molar-refractivity contribution is 5.58. The Morgan fingerprint density at radius 1 is 1.42 bits per heavy atom. The van der Waals surface area contributed by atoms with Gasteiger partial charge in [-0.05, 0) is 34.0 Å². The molecule has 6 heteroatoms. The maximum Gasteiger partial charge on any atom is 0.311 e. The number of nitro benzene ring substituents is 1. The minimum Gasteiger partial charge on any atom is -0.490 e. The van der Waals surface area contributed by atoms with Crippen molar-refractivity contribution in [1.82, 2.24) is 4.90 Å². The summed E-state index contributed by atoms with van der Waals surface area (Å²) in [5.74, 6) is 0.262. The third kappa shape index (κ3) is 3.82. The average molecular weight is 267 g/mol. The molecular weight excluding hydrogens is 246 g/mol. The Morgan fingerprint density at radius 2 is 2.05 bits per heavy atom. The second kappa shape index (κ2) is 5.88. The smallest absolute Gasteiger partial charge is 0.311 e. The highest BCUT2D eigenvalue weighted by atomic mass is 16.6. The number of hydrogen-bond acceptors (Lipinski definition) is 5. The van der Waals surface area contributed by atoms with Gasteiger partial charge in [0.1, 0.15) is 0 Å². The molecule has 0 amide bonds. The van der Waals surface area contributed by atoms with E-state index in [4.69, 9.17) is 4.74 Å². The Morgan fingerprint density at radius 3 is 2.53 bits per heavy atom. The largest absolute Gasteiger partial charge is 0.490 e. The Bertz CT molecular complexity index is 458. The molecule has 1 N–H and O–H groups in total. The number of nitro groups is 1. The maximum atomic E-state index is 10.8. The van der Waals surface area contributed by atoms with Gasteiger partial charge in [-0.1, -0.05) is 0 Å². The molecule has 19 heavy (non-hydrogen) atoms. The quantitative estimate of drug-likeness (QED) is 0.633. The summed E-state index contributed by atoms with van der Waals surface area (Å²) in [6.45, 7) is 4.95.